The standard InChI is InChI=1S/C17H19N3O/c21-16-10-15(18-17(19-16)13-6-7-13)20-9-8-14(11-20)12-4-2-1-3-5-12/h1-5,10,13-14H,6-9,11H2,(H,18,19,21). The Hall–Kier alpha value is -2.10. The van der Waals surface area contributed by atoms with Gasteiger partial charge in [0, 0.05) is 31.0 Å². The quantitative estimate of drug-likeness (QED) is 0.941. The van der Waals surface area contributed by atoms with Crippen molar-refractivity contribution in [3.63, 3.8) is 0 Å². The van der Waals surface area contributed by atoms with Gasteiger partial charge in [0.25, 0.3) is 5.56 Å². The third-order valence-corrected chi connectivity index (χ3v) is 4.49. The Bertz CT molecular complexity index is 691. The number of hydrogen-bond donors (Lipinski definition) is 1. The molecule has 1 saturated heterocycles. The molecule has 108 valence electrons. The molecule has 21 heavy (non-hydrogen) atoms. The molecule has 1 aliphatic heterocycles. The fourth-order valence-corrected chi connectivity index (χ4v) is 3.14. The van der Waals surface area contributed by atoms with Gasteiger partial charge in [-0.1, -0.05) is 30.3 Å². The van der Waals surface area contributed by atoms with Crippen molar-refractivity contribution in [2.24, 2.45) is 0 Å². The SMILES string of the molecule is O=c1cc(N2CCC(c3ccccc3)C2)nc(C2CC2)[nH]1. The van der Waals surface area contributed by atoms with E-state index >= 15 is 0 Å². The molecule has 0 amide bonds. The van der Waals surface area contributed by atoms with Crippen molar-refractivity contribution in [3.05, 3.63) is 58.1 Å². The predicted molar refractivity (Wildman–Crippen MR) is 82.8 cm³/mol. The van der Waals surface area contributed by atoms with E-state index < -0.39 is 0 Å². The molecule has 4 nitrogen and oxygen atoms in total. The lowest BCUT2D eigenvalue weighted by Crippen LogP contribution is -2.24. The second-order valence-corrected chi connectivity index (χ2v) is 6.11. The molecule has 1 saturated carbocycles. The summed E-state index contributed by atoms with van der Waals surface area (Å²) in [7, 11) is 0. The maximum Gasteiger partial charge on any atom is 0.252 e. The minimum Gasteiger partial charge on any atom is -0.356 e. The van der Waals surface area contributed by atoms with E-state index in [1.807, 2.05) is 0 Å². The molecule has 1 unspecified atom stereocenters. The Kier molecular flexibility index (Phi) is 3.02. The number of anilines is 1. The van der Waals surface area contributed by atoms with Crippen LogP contribution in [0.1, 0.15) is 42.5 Å². The lowest BCUT2D eigenvalue weighted by Gasteiger charge is -2.18. The molecule has 4 rings (SSSR count). The predicted octanol–water partition coefficient (Wildman–Crippen LogP) is 2.64. The highest BCUT2D eigenvalue weighted by Gasteiger charge is 2.29. The van der Waals surface area contributed by atoms with Crippen LogP contribution in [0.2, 0.25) is 0 Å². The second kappa shape index (κ2) is 5.02. The summed E-state index contributed by atoms with van der Waals surface area (Å²) in [6, 6.07) is 12.3. The Labute approximate surface area is 123 Å². The van der Waals surface area contributed by atoms with Gasteiger partial charge >= 0.3 is 0 Å². The summed E-state index contributed by atoms with van der Waals surface area (Å²) >= 11 is 0. The van der Waals surface area contributed by atoms with E-state index in [-0.39, 0.29) is 5.56 Å². The molecule has 1 N–H and O–H groups in total. The van der Waals surface area contributed by atoms with Crippen LogP contribution in [0.15, 0.2) is 41.2 Å². The normalized spacial score (nSPS) is 21.7. The number of H-pyrrole nitrogens is 1. The molecule has 0 bridgehead atoms. The number of aromatic amines is 1. The van der Waals surface area contributed by atoms with Gasteiger partial charge in [-0.15, -0.1) is 0 Å². The van der Waals surface area contributed by atoms with Gasteiger partial charge in [0.15, 0.2) is 0 Å². The van der Waals surface area contributed by atoms with Crippen LogP contribution < -0.4 is 10.5 Å². The topological polar surface area (TPSA) is 49.0 Å². The van der Waals surface area contributed by atoms with Crippen LogP contribution in [0, 0.1) is 0 Å². The van der Waals surface area contributed by atoms with E-state index in [2.05, 4.69) is 45.2 Å². The van der Waals surface area contributed by atoms with Gasteiger partial charge in [0.05, 0.1) is 0 Å². The highest BCUT2D eigenvalue weighted by atomic mass is 16.1. The van der Waals surface area contributed by atoms with Crippen LogP contribution in [-0.2, 0) is 0 Å². The van der Waals surface area contributed by atoms with E-state index in [0.717, 1.165) is 44.0 Å². The number of nitrogens with zero attached hydrogens (tertiary/aromatic N) is 2. The smallest absolute Gasteiger partial charge is 0.252 e. The van der Waals surface area contributed by atoms with Crippen molar-refractivity contribution in [2.75, 3.05) is 18.0 Å². The van der Waals surface area contributed by atoms with Crippen molar-refractivity contribution < 1.29 is 0 Å². The van der Waals surface area contributed by atoms with E-state index in [9.17, 15) is 4.79 Å². The lowest BCUT2D eigenvalue weighted by molar-refractivity contribution is 0.773. The molecule has 2 aromatic rings. The molecule has 4 heteroatoms. The Morgan fingerprint density at radius 2 is 1.90 bits per heavy atom. The molecule has 2 fully saturated rings. The van der Waals surface area contributed by atoms with Crippen LogP contribution in [0.25, 0.3) is 0 Å². The largest absolute Gasteiger partial charge is 0.356 e. The van der Waals surface area contributed by atoms with Gasteiger partial charge < -0.3 is 9.88 Å². The number of rotatable bonds is 3. The minimum absolute atomic E-state index is 0.0231. The zero-order chi connectivity index (χ0) is 14.2. The zero-order valence-corrected chi connectivity index (χ0v) is 12.0. The zero-order valence-electron chi connectivity index (χ0n) is 12.0. The third kappa shape index (κ3) is 2.58. The molecule has 2 aliphatic rings. The first-order valence-corrected chi connectivity index (χ1v) is 7.71. The van der Waals surface area contributed by atoms with Gasteiger partial charge in [0.1, 0.15) is 11.6 Å². The summed E-state index contributed by atoms with van der Waals surface area (Å²) in [5.74, 6) is 2.74. The molecular formula is C17H19N3O. The highest BCUT2D eigenvalue weighted by molar-refractivity contribution is 5.41. The number of aromatic nitrogens is 2. The Morgan fingerprint density at radius 1 is 1.10 bits per heavy atom. The molecule has 1 aliphatic carbocycles. The van der Waals surface area contributed by atoms with E-state index in [0.29, 0.717) is 11.8 Å². The van der Waals surface area contributed by atoms with E-state index in [1.54, 1.807) is 6.07 Å². The van der Waals surface area contributed by atoms with Crippen molar-refractivity contribution in [1.82, 2.24) is 9.97 Å². The molecular weight excluding hydrogens is 262 g/mol. The fraction of sp³-hybridized carbons (Fsp3) is 0.412. The average Bonchev–Trinajstić information content (AvgIpc) is 3.24. The van der Waals surface area contributed by atoms with Crippen molar-refractivity contribution in [3.8, 4) is 0 Å². The van der Waals surface area contributed by atoms with Crippen molar-refractivity contribution in [2.45, 2.75) is 31.1 Å². The highest BCUT2D eigenvalue weighted by Crippen LogP contribution is 2.38. The summed E-state index contributed by atoms with van der Waals surface area (Å²) in [6.45, 7) is 1.92. The number of nitrogens with one attached hydrogen (secondary N) is 1. The summed E-state index contributed by atoms with van der Waals surface area (Å²) in [5, 5.41) is 0. The fourth-order valence-electron chi connectivity index (χ4n) is 3.14. The monoisotopic (exact) mass is 281 g/mol. The maximum atomic E-state index is 11.8. The first-order valence-electron chi connectivity index (χ1n) is 7.71. The van der Waals surface area contributed by atoms with Crippen LogP contribution >= 0.6 is 0 Å². The minimum atomic E-state index is -0.0231. The molecule has 0 radical (unpaired) electrons. The van der Waals surface area contributed by atoms with Gasteiger partial charge in [0.2, 0.25) is 0 Å². The average molecular weight is 281 g/mol. The maximum absolute atomic E-state index is 11.8. The molecule has 1 aromatic carbocycles. The van der Waals surface area contributed by atoms with Crippen molar-refractivity contribution in [1.29, 1.82) is 0 Å². The second-order valence-electron chi connectivity index (χ2n) is 6.11. The molecule has 1 atom stereocenters. The third-order valence-electron chi connectivity index (χ3n) is 4.49. The Balaban J connectivity index is 1.57. The summed E-state index contributed by atoms with van der Waals surface area (Å²) in [6.07, 6.45) is 3.43. The lowest BCUT2D eigenvalue weighted by atomic mass is 9.99. The molecule has 2 heterocycles. The molecule has 1 aromatic heterocycles. The van der Waals surface area contributed by atoms with E-state index in [1.165, 1.54) is 5.56 Å². The molecule has 0 spiro atoms. The van der Waals surface area contributed by atoms with Gasteiger partial charge in [-0.25, -0.2) is 4.98 Å². The summed E-state index contributed by atoms with van der Waals surface area (Å²) < 4.78 is 0. The summed E-state index contributed by atoms with van der Waals surface area (Å²) in [4.78, 5) is 21.6. The van der Waals surface area contributed by atoms with E-state index in [4.69, 9.17) is 0 Å². The first-order chi connectivity index (χ1) is 10.3. The van der Waals surface area contributed by atoms with Gasteiger partial charge in [-0.2, -0.15) is 0 Å². The van der Waals surface area contributed by atoms with Crippen LogP contribution in [0.5, 0.6) is 0 Å². The van der Waals surface area contributed by atoms with Crippen LogP contribution in [-0.4, -0.2) is 23.1 Å². The number of hydrogen-bond acceptors (Lipinski definition) is 3. The Morgan fingerprint density at radius 3 is 2.67 bits per heavy atom. The number of benzene rings is 1. The van der Waals surface area contributed by atoms with Crippen molar-refractivity contribution >= 4 is 5.82 Å². The van der Waals surface area contributed by atoms with Crippen LogP contribution in [0.4, 0.5) is 5.82 Å². The van der Waals surface area contributed by atoms with Gasteiger partial charge in [-0.05, 0) is 24.8 Å². The van der Waals surface area contributed by atoms with Gasteiger partial charge in [-0.3, -0.25) is 4.79 Å². The first kappa shape index (κ1) is 12.6. The summed E-state index contributed by atoms with van der Waals surface area (Å²) in [5.41, 5.74) is 1.36. The van der Waals surface area contributed by atoms with Crippen LogP contribution in [0.3, 0.4) is 0 Å².